The number of fused-ring (bicyclic) bond motifs is 1. The first-order chi connectivity index (χ1) is 20.1. The van der Waals surface area contributed by atoms with Crippen LogP contribution in [0.25, 0.3) is 16.7 Å². The molecular formula is C32H30F3N3O4. The average molecular weight is 578 g/mol. The number of aryl methyl sites for hydroxylation is 1. The summed E-state index contributed by atoms with van der Waals surface area (Å²) < 4.78 is 57.0. The van der Waals surface area contributed by atoms with E-state index in [4.69, 9.17) is 14.2 Å². The van der Waals surface area contributed by atoms with Crippen molar-refractivity contribution in [2.45, 2.75) is 19.5 Å². The fourth-order valence-corrected chi connectivity index (χ4v) is 4.13. The van der Waals surface area contributed by atoms with Crippen LogP contribution in [0.3, 0.4) is 0 Å². The molecule has 0 unspecified atom stereocenters. The van der Waals surface area contributed by atoms with Gasteiger partial charge in [-0.1, -0.05) is 31.4 Å². The quantitative estimate of drug-likeness (QED) is 0.136. The number of esters is 1. The molecule has 1 heterocycles. The number of anilines is 1. The molecule has 1 aromatic heterocycles. The maximum atomic E-state index is 12.9. The minimum atomic E-state index is -4.31. The van der Waals surface area contributed by atoms with Crippen molar-refractivity contribution < 1.29 is 32.2 Å². The van der Waals surface area contributed by atoms with Gasteiger partial charge in [0.05, 0.1) is 30.3 Å². The number of alkyl halides is 3. The minimum Gasteiger partial charge on any atom is -0.489 e. The van der Waals surface area contributed by atoms with E-state index < -0.39 is 18.6 Å². The first-order valence-corrected chi connectivity index (χ1v) is 13.0. The number of rotatable bonds is 12. The lowest BCUT2D eigenvalue weighted by Gasteiger charge is -2.14. The van der Waals surface area contributed by atoms with Crippen molar-refractivity contribution in [2.24, 2.45) is 0 Å². The van der Waals surface area contributed by atoms with Gasteiger partial charge in [0.25, 0.3) is 0 Å². The van der Waals surface area contributed by atoms with Gasteiger partial charge in [0, 0.05) is 24.4 Å². The Morgan fingerprint density at radius 3 is 2.48 bits per heavy atom. The highest BCUT2D eigenvalue weighted by atomic mass is 19.4. The second kappa shape index (κ2) is 13.1. The SMILES string of the molecule is C=CC=CC(=C)COc1ccc(Oc2cc(NCCC(F)(F)F)c3ncn(-c4ccc(C(=O)OC)c(C)c4)c3c2)cc1. The third-order valence-corrected chi connectivity index (χ3v) is 6.19. The molecule has 42 heavy (non-hydrogen) atoms. The van der Waals surface area contributed by atoms with Crippen molar-refractivity contribution in [3.05, 3.63) is 109 Å². The highest BCUT2D eigenvalue weighted by molar-refractivity contribution is 5.93. The van der Waals surface area contributed by atoms with E-state index in [-0.39, 0.29) is 6.54 Å². The van der Waals surface area contributed by atoms with Gasteiger partial charge in [-0.15, -0.1) is 0 Å². The van der Waals surface area contributed by atoms with Gasteiger partial charge in [-0.3, -0.25) is 4.57 Å². The van der Waals surface area contributed by atoms with Crippen LogP contribution in [0.1, 0.15) is 22.3 Å². The standard InChI is InChI=1S/C32H30F3N3O4/c1-5-6-7-21(2)19-41-24-9-11-25(12-10-24)42-26-17-28(36-15-14-32(33,34)35)30-29(18-26)38(20-37-30)23-8-13-27(22(3)16-23)31(39)40-4/h5-13,16-18,20,36H,1-2,14-15,19H2,3-4H3. The zero-order chi connectivity index (χ0) is 30.3. The molecule has 3 aromatic carbocycles. The van der Waals surface area contributed by atoms with E-state index in [1.165, 1.54) is 7.11 Å². The monoisotopic (exact) mass is 577 g/mol. The summed E-state index contributed by atoms with van der Waals surface area (Å²) in [7, 11) is 1.31. The second-order valence-corrected chi connectivity index (χ2v) is 9.35. The number of carbonyl (C=O) groups excluding carboxylic acids is 1. The van der Waals surface area contributed by atoms with Gasteiger partial charge < -0.3 is 19.5 Å². The predicted molar refractivity (Wildman–Crippen MR) is 157 cm³/mol. The lowest BCUT2D eigenvalue weighted by molar-refractivity contribution is -0.131. The first kappa shape index (κ1) is 30.0. The molecule has 0 aliphatic carbocycles. The molecule has 0 aliphatic rings. The molecule has 4 rings (SSSR count). The molecule has 7 nitrogen and oxygen atoms in total. The van der Waals surface area contributed by atoms with Crippen molar-refractivity contribution in [3.63, 3.8) is 0 Å². The zero-order valence-electron chi connectivity index (χ0n) is 23.2. The van der Waals surface area contributed by atoms with Gasteiger partial charge >= 0.3 is 12.1 Å². The number of imidazole rings is 1. The summed E-state index contributed by atoms with van der Waals surface area (Å²) in [4.78, 5) is 16.5. The summed E-state index contributed by atoms with van der Waals surface area (Å²) >= 11 is 0. The molecule has 0 aliphatic heterocycles. The number of hydrogen-bond acceptors (Lipinski definition) is 6. The Kier molecular flexibility index (Phi) is 9.36. The fourth-order valence-electron chi connectivity index (χ4n) is 4.13. The van der Waals surface area contributed by atoms with Crippen LogP contribution in [0.15, 0.2) is 97.9 Å². The van der Waals surface area contributed by atoms with Crippen LogP contribution in [0, 0.1) is 6.92 Å². The van der Waals surface area contributed by atoms with Crippen LogP contribution in [0.4, 0.5) is 18.9 Å². The fraction of sp³-hybridized carbons (Fsp3) is 0.188. The van der Waals surface area contributed by atoms with Crippen molar-refractivity contribution in [2.75, 3.05) is 25.6 Å². The van der Waals surface area contributed by atoms with E-state index in [0.29, 0.717) is 57.4 Å². The number of allylic oxidation sites excluding steroid dienone is 2. The number of methoxy groups -OCH3 is 1. The maximum Gasteiger partial charge on any atom is 0.390 e. The van der Waals surface area contributed by atoms with E-state index in [1.807, 2.05) is 0 Å². The van der Waals surface area contributed by atoms with Gasteiger partial charge in [-0.05, 0) is 60.5 Å². The molecule has 0 fully saturated rings. The molecular weight excluding hydrogens is 547 g/mol. The Morgan fingerprint density at radius 2 is 1.81 bits per heavy atom. The Hall–Kier alpha value is -4.99. The number of nitrogens with one attached hydrogen (secondary N) is 1. The van der Waals surface area contributed by atoms with E-state index in [1.54, 1.807) is 90.6 Å². The first-order valence-electron chi connectivity index (χ1n) is 13.0. The van der Waals surface area contributed by atoms with Crippen molar-refractivity contribution in [1.82, 2.24) is 9.55 Å². The van der Waals surface area contributed by atoms with Crippen LogP contribution in [-0.2, 0) is 4.74 Å². The van der Waals surface area contributed by atoms with Crippen LogP contribution >= 0.6 is 0 Å². The summed E-state index contributed by atoms with van der Waals surface area (Å²) in [5.41, 5.74) is 4.05. The third-order valence-electron chi connectivity index (χ3n) is 6.19. The molecule has 10 heteroatoms. The maximum absolute atomic E-state index is 12.9. The Bertz CT molecular complexity index is 1620. The number of benzene rings is 3. The van der Waals surface area contributed by atoms with Gasteiger partial charge in [0.2, 0.25) is 0 Å². The highest BCUT2D eigenvalue weighted by Gasteiger charge is 2.26. The van der Waals surface area contributed by atoms with E-state index in [0.717, 1.165) is 5.57 Å². The molecule has 4 aromatic rings. The highest BCUT2D eigenvalue weighted by Crippen LogP contribution is 2.34. The predicted octanol–water partition coefficient (Wildman–Crippen LogP) is 7.95. The number of nitrogens with zero attached hydrogens (tertiary/aromatic N) is 2. The van der Waals surface area contributed by atoms with Gasteiger partial charge in [0.1, 0.15) is 35.7 Å². The lowest BCUT2D eigenvalue weighted by Crippen LogP contribution is -2.14. The van der Waals surface area contributed by atoms with E-state index in [9.17, 15) is 18.0 Å². The number of halogens is 3. The van der Waals surface area contributed by atoms with Crippen LogP contribution < -0.4 is 14.8 Å². The molecule has 218 valence electrons. The van der Waals surface area contributed by atoms with Gasteiger partial charge in [0.15, 0.2) is 0 Å². The van der Waals surface area contributed by atoms with Crippen LogP contribution in [0.5, 0.6) is 17.2 Å². The Labute approximate surface area is 241 Å². The van der Waals surface area contributed by atoms with Crippen LogP contribution in [-0.4, -0.2) is 42.0 Å². The van der Waals surface area contributed by atoms with E-state index >= 15 is 0 Å². The molecule has 0 saturated carbocycles. The molecule has 0 bridgehead atoms. The lowest BCUT2D eigenvalue weighted by atomic mass is 10.1. The second-order valence-electron chi connectivity index (χ2n) is 9.35. The third kappa shape index (κ3) is 7.60. The topological polar surface area (TPSA) is 74.6 Å². The van der Waals surface area contributed by atoms with Crippen molar-refractivity contribution >= 4 is 22.7 Å². The summed E-state index contributed by atoms with van der Waals surface area (Å²) in [5.74, 6) is 1.05. The summed E-state index contributed by atoms with van der Waals surface area (Å²) in [6.07, 6.45) is 1.49. The molecule has 0 spiro atoms. The largest absolute Gasteiger partial charge is 0.489 e. The Morgan fingerprint density at radius 1 is 1.07 bits per heavy atom. The zero-order valence-corrected chi connectivity index (χ0v) is 23.2. The number of carbonyl (C=O) groups is 1. The summed E-state index contributed by atoms with van der Waals surface area (Å²) in [5, 5.41) is 2.85. The molecule has 0 atom stereocenters. The number of aromatic nitrogens is 2. The van der Waals surface area contributed by atoms with Crippen molar-refractivity contribution in [1.29, 1.82) is 0 Å². The number of ether oxygens (including phenoxy) is 3. The van der Waals surface area contributed by atoms with Gasteiger partial charge in [-0.25, -0.2) is 9.78 Å². The number of hydrogen-bond donors (Lipinski definition) is 1. The summed E-state index contributed by atoms with van der Waals surface area (Å²) in [6.45, 7) is 9.29. The minimum absolute atomic E-state index is 0.304. The molecule has 0 radical (unpaired) electrons. The van der Waals surface area contributed by atoms with E-state index in [2.05, 4.69) is 23.5 Å². The van der Waals surface area contributed by atoms with Gasteiger partial charge in [-0.2, -0.15) is 13.2 Å². The Balaban J connectivity index is 1.63. The smallest absolute Gasteiger partial charge is 0.390 e. The summed E-state index contributed by atoms with van der Waals surface area (Å²) in [6, 6.07) is 15.5. The molecule has 0 amide bonds. The normalized spacial score (nSPS) is 11.5. The molecule has 1 N–H and O–H groups in total. The van der Waals surface area contributed by atoms with Crippen molar-refractivity contribution in [3.8, 4) is 22.9 Å². The molecule has 0 saturated heterocycles. The average Bonchev–Trinajstić information content (AvgIpc) is 3.38. The van der Waals surface area contributed by atoms with Crippen LogP contribution in [0.2, 0.25) is 0 Å².